The third-order valence-electron chi connectivity index (χ3n) is 6.97. The summed E-state index contributed by atoms with van der Waals surface area (Å²) < 4.78 is 53.9. The quantitative estimate of drug-likeness (QED) is 0.335. The van der Waals surface area contributed by atoms with Gasteiger partial charge in [-0.2, -0.15) is 4.31 Å². The predicted octanol–water partition coefficient (Wildman–Crippen LogP) is 1.13. The first-order valence-electron chi connectivity index (χ1n) is 13.1. The molecule has 2 atom stereocenters. The number of fused-ring (bicyclic) bond motifs is 1. The van der Waals surface area contributed by atoms with Crippen LogP contribution in [0.25, 0.3) is 10.8 Å². The lowest BCUT2D eigenvalue weighted by Gasteiger charge is -2.33. The van der Waals surface area contributed by atoms with Crippen LogP contribution < -0.4 is 10.5 Å². The van der Waals surface area contributed by atoms with E-state index in [2.05, 4.69) is 4.72 Å². The summed E-state index contributed by atoms with van der Waals surface area (Å²) >= 11 is 6.05. The van der Waals surface area contributed by atoms with Gasteiger partial charge in [-0.05, 0) is 62.2 Å². The number of amides is 3. The minimum absolute atomic E-state index is 0.00312. The van der Waals surface area contributed by atoms with Crippen LogP contribution in [-0.2, 0) is 34.4 Å². The van der Waals surface area contributed by atoms with E-state index in [4.69, 9.17) is 17.3 Å². The minimum atomic E-state index is -4.26. The number of primary amides is 1. The SMILES string of the molecule is CC(C)N(CCNS(C)(=O)=O)C(=O)[C@H](C)N1CC[C@H](N(CCC(N)=O)S(=O)(=O)c2ccc3cc(Cl)ccc3c2)C1=O. The molecule has 0 aromatic heterocycles. The summed E-state index contributed by atoms with van der Waals surface area (Å²) in [5.74, 6) is -1.69. The number of hydrogen-bond donors (Lipinski definition) is 2. The molecular formula is C26H36ClN5O7S2. The predicted molar refractivity (Wildman–Crippen MR) is 156 cm³/mol. The Morgan fingerprint density at radius 3 is 2.32 bits per heavy atom. The highest BCUT2D eigenvalue weighted by Gasteiger charge is 2.45. The van der Waals surface area contributed by atoms with Gasteiger partial charge < -0.3 is 15.5 Å². The molecule has 1 fully saturated rings. The fourth-order valence-corrected chi connectivity index (χ4v) is 7.13. The van der Waals surface area contributed by atoms with Crippen LogP contribution in [0.1, 0.15) is 33.6 Å². The maximum atomic E-state index is 13.8. The highest BCUT2D eigenvalue weighted by atomic mass is 35.5. The fraction of sp³-hybridized carbons (Fsp3) is 0.500. The van der Waals surface area contributed by atoms with Gasteiger partial charge in [0.15, 0.2) is 0 Å². The van der Waals surface area contributed by atoms with Crippen molar-refractivity contribution in [1.82, 2.24) is 18.8 Å². The smallest absolute Gasteiger partial charge is 0.245 e. The van der Waals surface area contributed by atoms with Gasteiger partial charge in [0.05, 0.1) is 11.2 Å². The Hall–Kier alpha value is -2.78. The average Bonchev–Trinajstić information content (AvgIpc) is 3.25. The lowest BCUT2D eigenvalue weighted by molar-refractivity contribution is -0.145. The largest absolute Gasteiger partial charge is 0.370 e. The number of benzene rings is 2. The molecule has 0 saturated carbocycles. The third-order valence-corrected chi connectivity index (χ3v) is 9.83. The van der Waals surface area contributed by atoms with Crippen molar-refractivity contribution in [3.8, 4) is 0 Å². The van der Waals surface area contributed by atoms with Gasteiger partial charge >= 0.3 is 0 Å². The number of hydrogen-bond acceptors (Lipinski definition) is 7. The first-order chi connectivity index (χ1) is 19.0. The van der Waals surface area contributed by atoms with Gasteiger partial charge in [0.2, 0.25) is 37.8 Å². The molecule has 3 rings (SSSR count). The zero-order valence-electron chi connectivity index (χ0n) is 23.4. The molecule has 0 bridgehead atoms. The van der Waals surface area contributed by atoms with Crippen LogP contribution in [0.15, 0.2) is 41.3 Å². The Bertz CT molecular complexity index is 1530. The Labute approximate surface area is 245 Å². The Morgan fingerprint density at radius 2 is 1.71 bits per heavy atom. The molecule has 1 aliphatic heterocycles. The molecule has 12 nitrogen and oxygen atoms in total. The van der Waals surface area contributed by atoms with Gasteiger partial charge in [0, 0.05) is 43.7 Å². The van der Waals surface area contributed by atoms with Crippen LogP contribution >= 0.6 is 11.6 Å². The van der Waals surface area contributed by atoms with Crippen molar-refractivity contribution in [1.29, 1.82) is 0 Å². The summed E-state index contributed by atoms with van der Waals surface area (Å²) in [5.41, 5.74) is 5.33. The fourth-order valence-electron chi connectivity index (χ4n) is 4.84. The van der Waals surface area contributed by atoms with E-state index in [1.807, 2.05) is 0 Å². The number of carbonyl (C=O) groups excluding carboxylic acids is 3. The standard InChI is InChI=1S/C26H36ClN5O7S2/c1-17(2)30(14-11-29-40(4,36)37)25(34)18(3)31-12-9-23(26(31)35)32(13-10-24(28)33)41(38,39)22-8-6-19-15-21(27)7-5-20(19)16-22/h5-8,15-18,23,29H,9-14H2,1-4H3,(H2,28,33)/t18-,23-/m0/s1. The molecule has 0 unspecified atom stereocenters. The number of sulfonamides is 2. The van der Waals surface area contributed by atoms with E-state index in [1.165, 1.54) is 21.9 Å². The minimum Gasteiger partial charge on any atom is -0.370 e. The number of halogens is 1. The second kappa shape index (κ2) is 13.0. The number of nitrogens with two attached hydrogens (primary N) is 1. The van der Waals surface area contributed by atoms with E-state index < -0.39 is 49.9 Å². The number of nitrogens with one attached hydrogen (secondary N) is 1. The summed E-state index contributed by atoms with van der Waals surface area (Å²) in [7, 11) is -7.70. The second-order valence-electron chi connectivity index (χ2n) is 10.3. The highest BCUT2D eigenvalue weighted by Crippen LogP contribution is 2.29. The Balaban J connectivity index is 1.87. The van der Waals surface area contributed by atoms with Crippen molar-refractivity contribution in [3.05, 3.63) is 41.4 Å². The van der Waals surface area contributed by atoms with Crippen LogP contribution in [0.3, 0.4) is 0 Å². The lowest BCUT2D eigenvalue weighted by atomic mass is 10.1. The first kappa shape index (κ1) is 32.7. The van der Waals surface area contributed by atoms with Gasteiger partial charge in [-0.1, -0.05) is 23.7 Å². The monoisotopic (exact) mass is 629 g/mol. The summed E-state index contributed by atoms with van der Waals surface area (Å²) in [5, 5.41) is 1.86. The summed E-state index contributed by atoms with van der Waals surface area (Å²) in [6.07, 6.45) is 0.829. The topological polar surface area (TPSA) is 167 Å². The molecular weight excluding hydrogens is 594 g/mol. The normalized spacial score (nSPS) is 17.0. The average molecular weight is 630 g/mol. The zero-order valence-corrected chi connectivity index (χ0v) is 25.8. The van der Waals surface area contributed by atoms with Crippen molar-refractivity contribution in [2.45, 2.75) is 56.6 Å². The third kappa shape index (κ3) is 7.95. The van der Waals surface area contributed by atoms with E-state index in [1.54, 1.807) is 45.0 Å². The zero-order chi connectivity index (χ0) is 30.7. The van der Waals surface area contributed by atoms with Crippen LogP contribution in [0, 0.1) is 0 Å². The van der Waals surface area contributed by atoms with E-state index in [0.29, 0.717) is 10.4 Å². The molecule has 0 aliphatic carbocycles. The first-order valence-corrected chi connectivity index (χ1v) is 16.8. The van der Waals surface area contributed by atoms with Gasteiger partial charge in [-0.15, -0.1) is 0 Å². The maximum Gasteiger partial charge on any atom is 0.245 e. The maximum absolute atomic E-state index is 13.8. The van der Waals surface area contributed by atoms with E-state index in [-0.39, 0.29) is 50.0 Å². The number of carbonyl (C=O) groups is 3. The van der Waals surface area contributed by atoms with Crippen molar-refractivity contribution in [3.63, 3.8) is 0 Å². The van der Waals surface area contributed by atoms with Gasteiger partial charge in [-0.25, -0.2) is 21.6 Å². The van der Waals surface area contributed by atoms with Gasteiger partial charge in [-0.3, -0.25) is 14.4 Å². The Morgan fingerprint density at radius 1 is 1.07 bits per heavy atom. The molecule has 41 heavy (non-hydrogen) atoms. The molecule has 1 saturated heterocycles. The van der Waals surface area contributed by atoms with E-state index in [9.17, 15) is 31.2 Å². The molecule has 3 N–H and O–H groups in total. The molecule has 0 radical (unpaired) electrons. The van der Waals surface area contributed by atoms with Crippen molar-refractivity contribution in [2.24, 2.45) is 5.73 Å². The van der Waals surface area contributed by atoms with Crippen LogP contribution in [0.2, 0.25) is 5.02 Å². The van der Waals surface area contributed by atoms with E-state index in [0.717, 1.165) is 15.9 Å². The van der Waals surface area contributed by atoms with Gasteiger partial charge in [0.25, 0.3) is 0 Å². The molecule has 2 aromatic carbocycles. The van der Waals surface area contributed by atoms with E-state index >= 15 is 0 Å². The Kier molecular flexibility index (Phi) is 10.4. The second-order valence-corrected chi connectivity index (χ2v) is 14.4. The summed E-state index contributed by atoms with van der Waals surface area (Å²) in [6, 6.07) is 7.18. The molecule has 15 heteroatoms. The molecule has 1 aliphatic rings. The number of likely N-dealkylation sites (tertiary alicyclic amines) is 1. The van der Waals surface area contributed by atoms with Crippen LogP contribution in [-0.4, -0.2) is 99.2 Å². The molecule has 0 spiro atoms. The molecule has 226 valence electrons. The van der Waals surface area contributed by atoms with Crippen molar-refractivity contribution in [2.75, 3.05) is 32.4 Å². The summed E-state index contributed by atoms with van der Waals surface area (Å²) in [6.45, 7) is 5.00. The number of rotatable bonds is 13. The van der Waals surface area contributed by atoms with Crippen molar-refractivity contribution < 1.29 is 31.2 Å². The van der Waals surface area contributed by atoms with Gasteiger partial charge in [0.1, 0.15) is 12.1 Å². The molecule has 1 heterocycles. The highest BCUT2D eigenvalue weighted by molar-refractivity contribution is 7.89. The van der Waals surface area contributed by atoms with Crippen LogP contribution in [0.5, 0.6) is 0 Å². The van der Waals surface area contributed by atoms with Crippen LogP contribution in [0.4, 0.5) is 0 Å². The lowest BCUT2D eigenvalue weighted by Crippen LogP contribution is -2.53. The number of nitrogens with zero attached hydrogens (tertiary/aromatic N) is 3. The molecule has 2 aromatic rings. The van der Waals surface area contributed by atoms with Crippen molar-refractivity contribution >= 4 is 60.1 Å². The molecule has 3 amide bonds. The summed E-state index contributed by atoms with van der Waals surface area (Å²) in [4.78, 5) is 41.4.